The minimum atomic E-state index is 0.798. The van der Waals surface area contributed by atoms with Crippen LogP contribution >= 0.6 is 0 Å². The van der Waals surface area contributed by atoms with E-state index < -0.39 is 0 Å². The average Bonchev–Trinajstić information content (AvgIpc) is 2.62. The first-order valence-corrected chi connectivity index (χ1v) is 11.9. The van der Waals surface area contributed by atoms with Crippen LogP contribution in [-0.2, 0) is 4.74 Å². The molecule has 1 unspecified atom stereocenters. The molecule has 2 heteroatoms. The fraction of sp³-hybridized carbons (Fsp3) is 1.00. The first-order valence-electron chi connectivity index (χ1n) is 11.9. The number of hydrogen-bond donors (Lipinski definition) is 1. The van der Waals surface area contributed by atoms with Gasteiger partial charge in [0.2, 0.25) is 0 Å². The van der Waals surface area contributed by atoms with E-state index >= 15 is 0 Å². The smallest absolute Gasteiger partial charge is 0.0494 e. The minimum Gasteiger partial charge on any atom is -0.381 e. The molecular weight excluding hydrogens is 318 g/mol. The predicted octanol–water partition coefficient (Wildman–Crippen LogP) is 7.37. The van der Waals surface area contributed by atoms with Crippen LogP contribution in [0.4, 0.5) is 0 Å². The van der Waals surface area contributed by atoms with Gasteiger partial charge in [0.25, 0.3) is 0 Å². The zero-order valence-corrected chi connectivity index (χ0v) is 18.8. The van der Waals surface area contributed by atoms with Gasteiger partial charge in [-0.1, -0.05) is 91.4 Å². The first kappa shape index (κ1) is 25.9. The second kappa shape index (κ2) is 21.2. The summed E-state index contributed by atoms with van der Waals surface area (Å²) in [6.45, 7) is 10.1. The topological polar surface area (TPSA) is 21.3 Å². The van der Waals surface area contributed by atoms with Crippen LogP contribution in [0.1, 0.15) is 117 Å². The number of rotatable bonds is 21. The van der Waals surface area contributed by atoms with Gasteiger partial charge in [0, 0.05) is 13.2 Å². The lowest BCUT2D eigenvalue weighted by atomic mass is 9.95. The van der Waals surface area contributed by atoms with Crippen LogP contribution in [0, 0.1) is 11.8 Å². The van der Waals surface area contributed by atoms with E-state index in [0.29, 0.717) is 0 Å². The summed E-state index contributed by atoms with van der Waals surface area (Å²) in [4.78, 5) is 0. The lowest BCUT2D eigenvalue weighted by molar-refractivity contribution is 0.0878. The van der Waals surface area contributed by atoms with Crippen LogP contribution in [-0.4, -0.2) is 26.8 Å². The second-order valence-corrected chi connectivity index (χ2v) is 8.69. The summed E-state index contributed by atoms with van der Waals surface area (Å²) in [5.74, 6) is 1.65. The standard InChI is InChI=1S/C24H51NO/c1-5-6-7-8-9-13-18-24(19-14-10-15-20-25-4)22-26-21-16-11-12-17-23(2)3/h23-25H,5-22H2,1-4H3. The largest absolute Gasteiger partial charge is 0.381 e. The van der Waals surface area contributed by atoms with Crippen molar-refractivity contribution in [3.8, 4) is 0 Å². The third-order valence-electron chi connectivity index (χ3n) is 5.43. The van der Waals surface area contributed by atoms with E-state index in [9.17, 15) is 0 Å². The van der Waals surface area contributed by atoms with Gasteiger partial charge in [0.05, 0.1) is 0 Å². The highest BCUT2D eigenvalue weighted by Gasteiger charge is 2.09. The Morgan fingerprint density at radius 1 is 0.692 bits per heavy atom. The van der Waals surface area contributed by atoms with Gasteiger partial charge in [-0.25, -0.2) is 0 Å². The molecule has 0 aliphatic carbocycles. The Kier molecular flexibility index (Phi) is 21.2. The van der Waals surface area contributed by atoms with Gasteiger partial charge in [-0.2, -0.15) is 0 Å². The Balaban J connectivity index is 3.77. The Hall–Kier alpha value is -0.0800. The molecule has 0 aromatic heterocycles. The molecule has 1 atom stereocenters. The molecule has 0 radical (unpaired) electrons. The Morgan fingerprint density at radius 2 is 1.27 bits per heavy atom. The van der Waals surface area contributed by atoms with Crippen LogP contribution < -0.4 is 5.32 Å². The maximum Gasteiger partial charge on any atom is 0.0494 e. The molecule has 0 bridgehead atoms. The molecule has 0 amide bonds. The molecule has 0 rings (SSSR count). The zero-order chi connectivity index (χ0) is 19.3. The maximum atomic E-state index is 6.06. The van der Waals surface area contributed by atoms with Crippen molar-refractivity contribution in [3.63, 3.8) is 0 Å². The Bertz CT molecular complexity index is 255. The van der Waals surface area contributed by atoms with E-state index in [1.165, 1.54) is 96.3 Å². The van der Waals surface area contributed by atoms with Crippen LogP contribution in [0.2, 0.25) is 0 Å². The number of unbranched alkanes of at least 4 members (excludes halogenated alkanes) is 9. The molecule has 2 nitrogen and oxygen atoms in total. The molecule has 0 fully saturated rings. The quantitative estimate of drug-likeness (QED) is 0.213. The van der Waals surface area contributed by atoms with Crippen molar-refractivity contribution in [2.45, 2.75) is 117 Å². The number of hydrogen-bond acceptors (Lipinski definition) is 2. The van der Waals surface area contributed by atoms with Crippen LogP contribution in [0.25, 0.3) is 0 Å². The van der Waals surface area contributed by atoms with Gasteiger partial charge in [-0.3, -0.25) is 0 Å². The van der Waals surface area contributed by atoms with Crippen molar-refractivity contribution in [1.29, 1.82) is 0 Å². The average molecular weight is 370 g/mol. The number of ether oxygens (including phenoxy) is 1. The van der Waals surface area contributed by atoms with E-state index in [-0.39, 0.29) is 0 Å². The summed E-state index contributed by atoms with van der Waals surface area (Å²) in [6.07, 6.45) is 20.6. The lowest BCUT2D eigenvalue weighted by Crippen LogP contribution is -2.12. The zero-order valence-electron chi connectivity index (χ0n) is 18.8. The summed E-state index contributed by atoms with van der Waals surface area (Å²) >= 11 is 0. The van der Waals surface area contributed by atoms with Gasteiger partial charge < -0.3 is 10.1 Å². The van der Waals surface area contributed by atoms with Gasteiger partial charge in [-0.15, -0.1) is 0 Å². The van der Waals surface area contributed by atoms with E-state index in [1.807, 2.05) is 0 Å². The molecular formula is C24H51NO. The highest BCUT2D eigenvalue weighted by molar-refractivity contribution is 4.61. The monoisotopic (exact) mass is 369 g/mol. The predicted molar refractivity (Wildman–Crippen MR) is 118 cm³/mol. The van der Waals surface area contributed by atoms with Crippen molar-refractivity contribution in [2.24, 2.45) is 11.8 Å². The summed E-state index contributed by atoms with van der Waals surface area (Å²) in [5.41, 5.74) is 0. The van der Waals surface area contributed by atoms with E-state index in [1.54, 1.807) is 0 Å². The molecule has 0 saturated carbocycles. The highest BCUT2D eigenvalue weighted by atomic mass is 16.5. The van der Waals surface area contributed by atoms with Crippen LogP contribution in [0.5, 0.6) is 0 Å². The number of nitrogens with one attached hydrogen (secondary N) is 1. The van der Waals surface area contributed by atoms with E-state index in [2.05, 4.69) is 33.1 Å². The SMILES string of the molecule is CCCCCCCCC(CCCCCNC)COCCCCCC(C)C. The molecule has 0 spiro atoms. The molecule has 158 valence electrons. The summed E-state index contributed by atoms with van der Waals surface area (Å²) in [7, 11) is 2.05. The first-order chi connectivity index (χ1) is 12.7. The second-order valence-electron chi connectivity index (χ2n) is 8.69. The molecule has 0 aromatic carbocycles. The molecule has 0 heterocycles. The van der Waals surface area contributed by atoms with Crippen molar-refractivity contribution < 1.29 is 4.74 Å². The van der Waals surface area contributed by atoms with Crippen LogP contribution in [0.3, 0.4) is 0 Å². The summed E-state index contributed by atoms with van der Waals surface area (Å²) in [5, 5.41) is 3.26. The fourth-order valence-corrected chi connectivity index (χ4v) is 3.62. The fourth-order valence-electron chi connectivity index (χ4n) is 3.62. The van der Waals surface area contributed by atoms with E-state index in [4.69, 9.17) is 4.74 Å². The lowest BCUT2D eigenvalue weighted by Gasteiger charge is -2.17. The molecule has 0 aromatic rings. The van der Waals surface area contributed by atoms with Crippen molar-refractivity contribution in [1.82, 2.24) is 5.32 Å². The van der Waals surface area contributed by atoms with Crippen LogP contribution in [0.15, 0.2) is 0 Å². The maximum absolute atomic E-state index is 6.06. The van der Waals surface area contributed by atoms with E-state index in [0.717, 1.165) is 31.6 Å². The molecule has 0 aliphatic rings. The molecule has 0 aliphatic heterocycles. The molecule has 1 N–H and O–H groups in total. The van der Waals surface area contributed by atoms with Gasteiger partial charge in [0.1, 0.15) is 0 Å². The summed E-state index contributed by atoms with van der Waals surface area (Å²) in [6, 6.07) is 0. The van der Waals surface area contributed by atoms with Crippen molar-refractivity contribution >= 4 is 0 Å². The van der Waals surface area contributed by atoms with Gasteiger partial charge in [0.15, 0.2) is 0 Å². The Labute approximate surface area is 166 Å². The third-order valence-corrected chi connectivity index (χ3v) is 5.43. The molecule has 26 heavy (non-hydrogen) atoms. The normalized spacial score (nSPS) is 12.8. The minimum absolute atomic E-state index is 0.798. The van der Waals surface area contributed by atoms with Gasteiger partial charge >= 0.3 is 0 Å². The summed E-state index contributed by atoms with van der Waals surface area (Å²) < 4.78 is 6.06. The molecule has 0 saturated heterocycles. The van der Waals surface area contributed by atoms with Crippen molar-refractivity contribution in [2.75, 3.05) is 26.8 Å². The van der Waals surface area contributed by atoms with Crippen molar-refractivity contribution in [3.05, 3.63) is 0 Å². The van der Waals surface area contributed by atoms with Gasteiger partial charge in [-0.05, 0) is 51.1 Å². The highest BCUT2D eigenvalue weighted by Crippen LogP contribution is 2.19. The third kappa shape index (κ3) is 20.2. The Morgan fingerprint density at radius 3 is 1.92 bits per heavy atom.